The van der Waals surface area contributed by atoms with Gasteiger partial charge < -0.3 is 15.3 Å². The predicted octanol–water partition coefficient (Wildman–Crippen LogP) is 5.87. The number of nitrogens with zero attached hydrogens (tertiary/aromatic N) is 1. The van der Waals surface area contributed by atoms with Crippen LogP contribution < -0.4 is 0 Å². The van der Waals surface area contributed by atoms with Crippen molar-refractivity contribution in [3.8, 4) is 0 Å². The van der Waals surface area contributed by atoms with Crippen molar-refractivity contribution in [1.82, 2.24) is 0 Å². The number of carboxylic acid groups (broad SMARTS) is 3. The topological polar surface area (TPSA) is 112 Å². The van der Waals surface area contributed by atoms with Crippen LogP contribution in [0.1, 0.15) is 111 Å². The highest BCUT2D eigenvalue weighted by atomic mass is 16.4. The molecule has 0 aromatic carbocycles. The van der Waals surface area contributed by atoms with Gasteiger partial charge in [0, 0.05) is 19.3 Å². The molecule has 0 bridgehead atoms. The van der Waals surface area contributed by atoms with E-state index in [9.17, 15) is 29.7 Å². The van der Waals surface area contributed by atoms with Crippen LogP contribution in [0.2, 0.25) is 0 Å². The number of carboxylic acids is 3. The lowest BCUT2D eigenvalue weighted by molar-refractivity contribution is -0.973. The van der Waals surface area contributed by atoms with Crippen molar-refractivity contribution >= 4 is 17.9 Å². The SMILES string of the molecule is CCC/C=C/CCCCCCCCC[N+](C(CC)C(=O)O)(C(CC)C(=O)O)C(CC)C(=O)O. The van der Waals surface area contributed by atoms with E-state index in [0.717, 1.165) is 38.5 Å². The van der Waals surface area contributed by atoms with E-state index in [-0.39, 0.29) is 25.8 Å². The van der Waals surface area contributed by atoms with Gasteiger partial charge in [-0.25, -0.2) is 14.4 Å². The zero-order valence-corrected chi connectivity index (χ0v) is 21.3. The molecule has 0 aliphatic heterocycles. The highest BCUT2D eigenvalue weighted by molar-refractivity contribution is 5.78. The minimum atomic E-state index is -1.12. The Morgan fingerprint density at radius 3 is 1.33 bits per heavy atom. The van der Waals surface area contributed by atoms with Gasteiger partial charge in [-0.3, -0.25) is 4.48 Å². The molecule has 3 unspecified atom stereocenters. The molecule has 0 rings (SSSR count). The number of allylic oxidation sites excluding steroid dienone is 2. The molecule has 0 spiro atoms. The second-order valence-electron chi connectivity index (χ2n) is 9.03. The molecule has 3 N–H and O–H groups in total. The van der Waals surface area contributed by atoms with Crippen LogP contribution in [-0.4, -0.2) is 62.4 Å². The van der Waals surface area contributed by atoms with Gasteiger partial charge in [0.25, 0.3) is 0 Å². The highest BCUT2D eigenvalue weighted by Gasteiger charge is 2.55. The predicted molar refractivity (Wildman–Crippen MR) is 131 cm³/mol. The lowest BCUT2D eigenvalue weighted by Gasteiger charge is -2.49. The van der Waals surface area contributed by atoms with Crippen LogP contribution in [0.15, 0.2) is 12.2 Å². The normalized spacial score (nSPS) is 16.2. The summed E-state index contributed by atoms with van der Waals surface area (Å²) >= 11 is 0. The summed E-state index contributed by atoms with van der Waals surface area (Å²) < 4.78 is -0.409. The molecule has 33 heavy (non-hydrogen) atoms. The number of carbonyl (C=O) groups is 3. The molecule has 192 valence electrons. The second kappa shape index (κ2) is 17.6. The summed E-state index contributed by atoms with van der Waals surface area (Å²) in [6.45, 7) is 7.53. The van der Waals surface area contributed by atoms with E-state index < -0.39 is 40.5 Å². The quantitative estimate of drug-likeness (QED) is 0.110. The molecule has 0 aromatic rings. The van der Waals surface area contributed by atoms with Gasteiger partial charge >= 0.3 is 17.9 Å². The third kappa shape index (κ3) is 9.86. The monoisotopic (exact) mass is 470 g/mol. The molecule has 0 fully saturated rings. The Hall–Kier alpha value is -1.89. The van der Waals surface area contributed by atoms with Crippen LogP contribution in [0.5, 0.6) is 0 Å². The Morgan fingerprint density at radius 2 is 0.970 bits per heavy atom. The number of rotatable bonds is 21. The van der Waals surface area contributed by atoms with Crippen LogP contribution in [-0.2, 0) is 14.4 Å². The van der Waals surface area contributed by atoms with Crippen molar-refractivity contribution in [1.29, 1.82) is 0 Å². The van der Waals surface area contributed by atoms with E-state index in [0.29, 0.717) is 6.42 Å². The van der Waals surface area contributed by atoms with Crippen molar-refractivity contribution < 1.29 is 34.2 Å². The molecule has 0 amide bonds. The van der Waals surface area contributed by atoms with Crippen molar-refractivity contribution in [2.45, 2.75) is 129 Å². The average Bonchev–Trinajstić information content (AvgIpc) is 2.75. The maximum atomic E-state index is 12.2. The molecule has 0 radical (unpaired) electrons. The summed E-state index contributed by atoms with van der Waals surface area (Å²) in [4.78, 5) is 36.5. The van der Waals surface area contributed by atoms with Gasteiger partial charge in [-0.1, -0.05) is 72.0 Å². The molecule has 0 saturated heterocycles. The van der Waals surface area contributed by atoms with Crippen molar-refractivity contribution in [2.24, 2.45) is 0 Å². The summed E-state index contributed by atoms with van der Waals surface area (Å²) in [5, 5.41) is 29.8. The molecule has 7 nitrogen and oxygen atoms in total. The molecular weight excluding hydrogens is 422 g/mol. The van der Waals surface area contributed by atoms with Crippen LogP contribution in [0.3, 0.4) is 0 Å². The summed E-state index contributed by atoms with van der Waals surface area (Å²) in [5.41, 5.74) is 0. The average molecular weight is 471 g/mol. The maximum absolute atomic E-state index is 12.2. The zero-order valence-electron chi connectivity index (χ0n) is 21.3. The van der Waals surface area contributed by atoms with E-state index in [4.69, 9.17) is 0 Å². The Morgan fingerprint density at radius 1 is 0.606 bits per heavy atom. The number of hydrogen-bond donors (Lipinski definition) is 3. The van der Waals surface area contributed by atoms with E-state index in [1.54, 1.807) is 20.8 Å². The van der Waals surface area contributed by atoms with Crippen molar-refractivity contribution in [3.63, 3.8) is 0 Å². The Bertz CT molecular complexity index is 549. The number of quaternary nitrogens is 1. The lowest BCUT2D eigenvalue weighted by Crippen LogP contribution is -2.72. The fourth-order valence-electron chi connectivity index (χ4n) is 5.21. The molecule has 0 aliphatic carbocycles. The molecule has 0 aliphatic rings. The van der Waals surface area contributed by atoms with Gasteiger partial charge in [-0.15, -0.1) is 0 Å². The standard InChI is InChI=1S/C26H47NO6/c1-5-9-10-11-12-13-14-15-16-17-18-19-20-27(21(6-2)24(28)29,22(7-3)25(30)31)23(8-4)26(32)33/h10-11,21-23H,5-9,12-20H2,1-4H3,(H2-,28,29,30,31,32,33)/p+1/b11-10+. The van der Waals surface area contributed by atoms with E-state index in [1.807, 2.05) is 0 Å². The number of unbranched alkanes of at least 4 members (excludes halogenated alkanes) is 8. The Balaban J connectivity index is 5.20. The number of hydrogen-bond acceptors (Lipinski definition) is 3. The molecule has 3 atom stereocenters. The first-order valence-electron chi connectivity index (χ1n) is 12.9. The second-order valence-corrected chi connectivity index (χ2v) is 9.03. The van der Waals surface area contributed by atoms with Gasteiger partial charge in [-0.05, 0) is 32.1 Å². The third-order valence-electron chi connectivity index (χ3n) is 6.79. The van der Waals surface area contributed by atoms with Crippen molar-refractivity contribution in [3.05, 3.63) is 12.2 Å². The van der Waals surface area contributed by atoms with Crippen LogP contribution in [0.4, 0.5) is 0 Å². The maximum Gasteiger partial charge on any atom is 0.362 e. The van der Waals surface area contributed by atoms with Gasteiger partial charge in [0.05, 0.1) is 6.54 Å². The largest absolute Gasteiger partial charge is 0.477 e. The van der Waals surface area contributed by atoms with Crippen LogP contribution in [0.25, 0.3) is 0 Å². The van der Waals surface area contributed by atoms with Crippen LogP contribution >= 0.6 is 0 Å². The first kappa shape index (κ1) is 31.1. The van der Waals surface area contributed by atoms with E-state index in [2.05, 4.69) is 19.1 Å². The van der Waals surface area contributed by atoms with Gasteiger partial charge in [0.2, 0.25) is 0 Å². The molecule has 0 heterocycles. The first-order chi connectivity index (χ1) is 15.7. The van der Waals surface area contributed by atoms with Gasteiger partial charge in [0.1, 0.15) is 0 Å². The number of aliphatic carboxylic acids is 3. The van der Waals surface area contributed by atoms with E-state index in [1.165, 1.54) is 19.3 Å². The van der Waals surface area contributed by atoms with E-state index >= 15 is 0 Å². The molecule has 0 aromatic heterocycles. The zero-order chi connectivity index (χ0) is 25.3. The minimum Gasteiger partial charge on any atom is -0.477 e. The first-order valence-corrected chi connectivity index (χ1v) is 12.9. The molecular formula is C26H48NO6+. The fourth-order valence-corrected chi connectivity index (χ4v) is 5.21. The summed E-state index contributed by atoms with van der Waals surface area (Å²) in [7, 11) is 0. The molecule has 0 saturated carbocycles. The minimum absolute atomic E-state index is 0.190. The van der Waals surface area contributed by atoms with Crippen molar-refractivity contribution in [2.75, 3.05) is 6.54 Å². The Kier molecular flexibility index (Phi) is 16.6. The van der Waals surface area contributed by atoms with Gasteiger partial charge in [-0.2, -0.15) is 0 Å². The van der Waals surface area contributed by atoms with Crippen LogP contribution in [0, 0.1) is 0 Å². The summed E-state index contributed by atoms with van der Waals surface area (Å²) in [6.07, 6.45) is 15.6. The highest BCUT2D eigenvalue weighted by Crippen LogP contribution is 2.32. The lowest BCUT2D eigenvalue weighted by atomic mass is 9.93. The molecule has 7 heteroatoms. The fraction of sp³-hybridized carbons (Fsp3) is 0.808. The van der Waals surface area contributed by atoms with Gasteiger partial charge in [0.15, 0.2) is 18.1 Å². The Labute approximate surface area is 200 Å². The summed E-state index contributed by atoms with van der Waals surface area (Å²) in [6, 6.07) is -3.19. The summed E-state index contributed by atoms with van der Waals surface area (Å²) in [5.74, 6) is -3.36. The third-order valence-corrected chi connectivity index (χ3v) is 6.79. The smallest absolute Gasteiger partial charge is 0.362 e.